The Hall–Kier alpha value is -1.84. The fourth-order valence-corrected chi connectivity index (χ4v) is 3.66. The van der Waals surface area contributed by atoms with Crippen molar-refractivity contribution in [3.63, 3.8) is 0 Å². The van der Waals surface area contributed by atoms with Crippen molar-refractivity contribution in [2.45, 2.75) is 38.9 Å². The summed E-state index contributed by atoms with van der Waals surface area (Å²) < 4.78 is 11.5. The fraction of sp³-hybridized carbons (Fsp3) is 0.480. The topological polar surface area (TPSA) is 58.1 Å². The molecule has 2 aromatic carbocycles. The summed E-state index contributed by atoms with van der Waals surface area (Å²) in [5, 5.41) is 6.74. The maximum absolute atomic E-state index is 6.01. The van der Waals surface area contributed by atoms with Crippen LogP contribution >= 0.6 is 24.0 Å². The van der Waals surface area contributed by atoms with Crippen LogP contribution in [0.1, 0.15) is 29.5 Å². The van der Waals surface area contributed by atoms with Gasteiger partial charge in [-0.3, -0.25) is 9.89 Å². The predicted octanol–water partition coefficient (Wildman–Crippen LogP) is 3.97. The maximum atomic E-state index is 6.01. The highest BCUT2D eigenvalue weighted by Gasteiger charge is 2.17. The number of nitrogens with zero attached hydrogens (tertiary/aromatic N) is 2. The summed E-state index contributed by atoms with van der Waals surface area (Å²) in [6.07, 6.45) is 2.22. The van der Waals surface area contributed by atoms with Crippen molar-refractivity contribution in [1.82, 2.24) is 15.5 Å². The highest BCUT2D eigenvalue weighted by Crippen LogP contribution is 2.15. The lowest BCUT2D eigenvalue weighted by molar-refractivity contribution is 0.0392. The molecule has 176 valence electrons. The molecule has 1 aliphatic heterocycles. The van der Waals surface area contributed by atoms with Crippen molar-refractivity contribution in [2.75, 3.05) is 40.5 Å². The Morgan fingerprint density at radius 1 is 1.06 bits per heavy atom. The Morgan fingerprint density at radius 2 is 1.75 bits per heavy atom. The van der Waals surface area contributed by atoms with Crippen LogP contribution in [0.25, 0.3) is 0 Å². The van der Waals surface area contributed by atoms with Crippen LogP contribution in [0, 0.1) is 6.92 Å². The second-order valence-corrected chi connectivity index (χ2v) is 8.08. The molecule has 0 aliphatic carbocycles. The van der Waals surface area contributed by atoms with Gasteiger partial charge in [-0.2, -0.15) is 0 Å². The number of likely N-dealkylation sites (N-methyl/N-ethyl adjacent to an activating group) is 1. The van der Waals surface area contributed by atoms with Crippen molar-refractivity contribution in [3.8, 4) is 5.75 Å². The van der Waals surface area contributed by atoms with E-state index in [1.165, 1.54) is 11.1 Å². The van der Waals surface area contributed by atoms with Gasteiger partial charge in [0, 0.05) is 45.9 Å². The number of hydrogen-bond acceptors (Lipinski definition) is 4. The summed E-state index contributed by atoms with van der Waals surface area (Å²) in [7, 11) is 3.97. The van der Waals surface area contributed by atoms with Crippen molar-refractivity contribution < 1.29 is 9.47 Å². The van der Waals surface area contributed by atoms with Crippen LogP contribution in [-0.4, -0.2) is 57.4 Å². The van der Waals surface area contributed by atoms with Crippen molar-refractivity contribution >= 4 is 29.9 Å². The molecule has 0 aromatic heterocycles. The van der Waals surface area contributed by atoms with Crippen molar-refractivity contribution in [1.29, 1.82) is 0 Å². The van der Waals surface area contributed by atoms with E-state index in [2.05, 4.69) is 70.9 Å². The SMILES string of the molecule is CN=C(NCc1ccc(C)cc1)NCc1cccc(OCCN(C)C2CCOCC2)c1.I. The number of guanidine groups is 1. The lowest BCUT2D eigenvalue weighted by Gasteiger charge is -2.31. The van der Waals surface area contributed by atoms with E-state index in [0.717, 1.165) is 56.4 Å². The second kappa shape index (κ2) is 14.3. The average Bonchev–Trinajstić information content (AvgIpc) is 2.81. The minimum absolute atomic E-state index is 0. The highest BCUT2D eigenvalue weighted by molar-refractivity contribution is 14.0. The molecular formula is C25H37IN4O2. The lowest BCUT2D eigenvalue weighted by Crippen LogP contribution is -2.38. The van der Waals surface area contributed by atoms with E-state index in [-0.39, 0.29) is 24.0 Å². The zero-order valence-electron chi connectivity index (χ0n) is 19.5. The smallest absolute Gasteiger partial charge is 0.191 e. The van der Waals surface area contributed by atoms with Crippen LogP contribution in [0.2, 0.25) is 0 Å². The van der Waals surface area contributed by atoms with Crippen LogP contribution < -0.4 is 15.4 Å². The van der Waals surface area contributed by atoms with E-state index in [1.54, 1.807) is 7.05 Å². The monoisotopic (exact) mass is 552 g/mol. The molecule has 1 fully saturated rings. The number of nitrogens with one attached hydrogen (secondary N) is 2. The molecule has 1 saturated heterocycles. The van der Waals surface area contributed by atoms with Crippen LogP contribution in [0.5, 0.6) is 5.75 Å². The normalized spacial score (nSPS) is 14.7. The van der Waals surface area contributed by atoms with Gasteiger partial charge < -0.3 is 20.1 Å². The lowest BCUT2D eigenvalue weighted by atomic mass is 10.1. The van der Waals surface area contributed by atoms with Crippen LogP contribution in [0.4, 0.5) is 0 Å². The first-order chi connectivity index (χ1) is 15.1. The molecule has 0 spiro atoms. The quantitative estimate of drug-likeness (QED) is 0.280. The van der Waals surface area contributed by atoms with Gasteiger partial charge in [-0.15, -0.1) is 24.0 Å². The molecule has 2 aromatic rings. The van der Waals surface area contributed by atoms with E-state index in [0.29, 0.717) is 19.2 Å². The molecule has 32 heavy (non-hydrogen) atoms. The molecule has 0 saturated carbocycles. The minimum atomic E-state index is 0. The molecule has 0 bridgehead atoms. The molecule has 0 unspecified atom stereocenters. The third-order valence-electron chi connectivity index (χ3n) is 5.69. The molecule has 1 aliphatic rings. The molecule has 7 heteroatoms. The molecule has 2 N–H and O–H groups in total. The van der Waals surface area contributed by atoms with Gasteiger partial charge in [0.15, 0.2) is 5.96 Å². The Balaban J connectivity index is 0.00000363. The molecule has 1 heterocycles. The summed E-state index contributed by atoms with van der Waals surface area (Å²) in [4.78, 5) is 6.71. The summed E-state index contributed by atoms with van der Waals surface area (Å²) in [5.74, 6) is 1.69. The van der Waals surface area contributed by atoms with E-state index >= 15 is 0 Å². The standard InChI is InChI=1S/C25H36N4O2.HI/c1-20-7-9-21(10-8-20)18-27-25(26-2)28-19-22-5-4-6-24(17-22)31-16-13-29(3)23-11-14-30-15-12-23;/h4-10,17,23H,11-16,18-19H2,1-3H3,(H2,26,27,28);1H. The predicted molar refractivity (Wildman–Crippen MR) is 142 cm³/mol. The van der Waals surface area contributed by atoms with Gasteiger partial charge in [-0.1, -0.05) is 42.0 Å². The van der Waals surface area contributed by atoms with Crippen molar-refractivity contribution in [2.24, 2.45) is 4.99 Å². The summed E-state index contributed by atoms with van der Waals surface area (Å²) >= 11 is 0. The zero-order chi connectivity index (χ0) is 21.9. The van der Waals surface area contributed by atoms with Crippen molar-refractivity contribution in [3.05, 3.63) is 65.2 Å². The number of aliphatic imine (C=N–C) groups is 1. The summed E-state index contributed by atoms with van der Waals surface area (Å²) in [5.41, 5.74) is 3.66. The number of rotatable bonds is 9. The first kappa shape index (κ1) is 26.4. The van der Waals surface area contributed by atoms with Crippen LogP contribution in [0.3, 0.4) is 0 Å². The molecular weight excluding hydrogens is 515 g/mol. The van der Waals surface area contributed by atoms with Crippen LogP contribution in [0.15, 0.2) is 53.5 Å². The molecule has 3 rings (SSSR count). The first-order valence-corrected chi connectivity index (χ1v) is 11.1. The van der Waals surface area contributed by atoms with Gasteiger partial charge in [-0.05, 0) is 50.1 Å². The molecule has 0 radical (unpaired) electrons. The maximum Gasteiger partial charge on any atom is 0.191 e. The van der Waals surface area contributed by atoms with E-state index < -0.39 is 0 Å². The van der Waals surface area contributed by atoms with Gasteiger partial charge in [0.05, 0.1) is 0 Å². The third kappa shape index (κ3) is 8.96. The van der Waals surface area contributed by atoms with E-state index in [1.807, 2.05) is 12.1 Å². The third-order valence-corrected chi connectivity index (χ3v) is 5.69. The Morgan fingerprint density at radius 3 is 2.44 bits per heavy atom. The van der Waals surface area contributed by atoms with Crippen LogP contribution in [-0.2, 0) is 17.8 Å². The number of hydrogen-bond donors (Lipinski definition) is 2. The number of halogens is 1. The number of ether oxygens (including phenoxy) is 2. The van der Waals surface area contributed by atoms with Gasteiger partial charge in [0.2, 0.25) is 0 Å². The number of aryl methyl sites for hydroxylation is 1. The number of benzene rings is 2. The van der Waals surface area contributed by atoms with Gasteiger partial charge in [0.1, 0.15) is 12.4 Å². The molecule has 0 amide bonds. The molecule has 6 nitrogen and oxygen atoms in total. The second-order valence-electron chi connectivity index (χ2n) is 8.08. The highest BCUT2D eigenvalue weighted by atomic mass is 127. The zero-order valence-corrected chi connectivity index (χ0v) is 21.8. The summed E-state index contributed by atoms with van der Waals surface area (Å²) in [6, 6.07) is 17.4. The van der Waals surface area contributed by atoms with Gasteiger partial charge in [0.25, 0.3) is 0 Å². The average molecular weight is 553 g/mol. The van der Waals surface area contributed by atoms with E-state index in [9.17, 15) is 0 Å². The minimum Gasteiger partial charge on any atom is -0.492 e. The Kier molecular flexibility index (Phi) is 11.8. The largest absolute Gasteiger partial charge is 0.492 e. The first-order valence-electron chi connectivity index (χ1n) is 11.1. The summed E-state index contributed by atoms with van der Waals surface area (Å²) in [6.45, 7) is 6.87. The fourth-order valence-electron chi connectivity index (χ4n) is 3.66. The van der Waals surface area contributed by atoms with Gasteiger partial charge >= 0.3 is 0 Å². The Bertz CT molecular complexity index is 823. The Labute approximate surface area is 209 Å². The van der Waals surface area contributed by atoms with Gasteiger partial charge in [-0.25, -0.2) is 0 Å². The van der Waals surface area contributed by atoms with E-state index in [4.69, 9.17) is 9.47 Å². The molecule has 0 atom stereocenters.